The predicted octanol–water partition coefficient (Wildman–Crippen LogP) is 4.00. The van der Waals surface area contributed by atoms with Gasteiger partial charge < -0.3 is 10.3 Å². The molecule has 0 amide bonds. The zero-order valence-electron chi connectivity index (χ0n) is 11.2. The molecular weight excluding hydrogens is 283 g/mol. The average Bonchev–Trinajstić information content (AvgIpc) is 3.09. The Morgan fingerprint density at radius 2 is 1.90 bits per heavy atom. The van der Waals surface area contributed by atoms with Gasteiger partial charge in [0.25, 0.3) is 5.89 Å². The van der Waals surface area contributed by atoms with Crippen molar-refractivity contribution in [2.45, 2.75) is 37.8 Å². The van der Waals surface area contributed by atoms with E-state index in [1.165, 1.54) is 6.07 Å². The van der Waals surface area contributed by atoms with E-state index in [4.69, 9.17) is 10.3 Å². The standard InChI is InChI=1S/C14H14F3N3O/c15-14(16,17)9-5-6-11(18)10(7-9)13-19-12(20-21-13)8-3-1-2-4-8/h5-8H,1-4,18H2. The summed E-state index contributed by atoms with van der Waals surface area (Å²) in [6, 6.07) is 3.09. The van der Waals surface area contributed by atoms with Crippen molar-refractivity contribution in [3.05, 3.63) is 29.6 Å². The summed E-state index contributed by atoms with van der Waals surface area (Å²) in [5.74, 6) is 0.828. The lowest BCUT2D eigenvalue weighted by Crippen LogP contribution is -2.05. The highest BCUT2D eigenvalue weighted by Crippen LogP contribution is 2.36. The van der Waals surface area contributed by atoms with Gasteiger partial charge in [-0.15, -0.1) is 0 Å². The van der Waals surface area contributed by atoms with Gasteiger partial charge in [-0.1, -0.05) is 18.0 Å². The molecule has 21 heavy (non-hydrogen) atoms. The van der Waals surface area contributed by atoms with Crippen LogP contribution in [0.4, 0.5) is 18.9 Å². The number of rotatable bonds is 2. The molecule has 3 rings (SSSR count). The van der Waals surface area contributed by atoms with Gasteiger partial charge in [0, 0.05) is 11.6 Å². The van der Waals surface area contributed by atoms with Crippen LogP contribution < -0.4 is 5.73 Å². The van der Waals surface area contributed by atoms with Crippen molar-refractivity contribution < 1.29 is 17.7 Å². The van der Waals surface area contributed by atoms with Crippen LogP contribution in [0, 0.1) is 0 Å². The van der Waals surface area contributed by atoms with Gasteiger partial charge in [0.1, 0.15) is 0 Å². The van der Waals surface area contributed by atoms with Crippen LogP contribution in [0.25, 0.3) is 11.5 Å². The third-order valence-corrected chi connectivity index (χ3v) is 3.77. The number of nitrogens with zero attached hydrogens (tertiary/aromatic N) is 2. The van der Waals surface area contributed by atoms with Crippen LogP contribution in [0.5, 0.6) is 0 Å². The normalized spacial score (nSPS) is 16.5. The lowest BCUT2D eigenvalue weighted by molar-refractivity contribution is -0.137. The number of halogens is 3. The number of alkyl halides is 3. The number of benzene rings is 1. The van der Waals surface area contributed by atoms with Gasteiger partial charge in [-0.25, -0.2) is 0 Å². The molecule has 4 nitrogen and oxygen atoms in total. The first-order valence-corrected chi connectivity index (χ1v) is 6.76. The Hall–Kier alpha value is -2.05. The van der Waals surface area contributed by atoms with Gasteiger partial charge in [-0.05, 0) is 31.0 Å². The second-order valence-corrected chi connectivity index (χ2v) is 5.24. The van der Waals surface area contributed by atoms with E-state index in [9.17, 15) is 13.2 Å². The molecule has 0 unspecified atom stereocenters. The molecule has 1 aliphatic carbocycles. The molecule has 2 aromatic rings. The molecular formula is C14H14F3N3O. The maximum absolute atomic E-state index is 12.8. The van der Waals surface area contributed by atoms with Crippen LogP contribution in [-0.4, -0.2) is 10.1 Å². The Morgan fingerprint density at radius 3 is 2.57 bits per heavy atom. The van der Waals surface area contributed by atoms with Gasteiger partial charge in [0.2, 0.25) is 0 Å². The van der Waals surface area contributed by atoms with Gasteiger partial charge in [0.05, 0.1) is 11.1 Å². The van der Waals surface area contributed by atoms with E-state index in [0.717, 1.165) is 37.8 Å². The van der Waals surface area contributed by atoms with Crippen molar-refractivity contribution in [3.63, 3.8) is 0 Å². The van der Waals surface area contributed by atoms with E-state index in [0.29, 0.717) is 5.82 Å². The van der Waals surface area contributed by atoms with Crippen LogP contribution in [-0.2, 0) is 6.18 Å². The maximum Gasteiger partial charge on any atom is 0.416 e. The summed E-state index contributed by atoms with van der Waals surface area (Å²) in [5, 5.41) is 3.88. The first-order valence-electron chi connectivity index (χ1n) is 6.76. The van der Waals surface area contributed by atoms with Crippen LogP contribution in [0.2, 0.25) is 0 Å². The molecule has 1 aromatic heterocycles. The number of nitrogens with two attached hydrogens (primary N) is 1. The molecule has 0 atom stereocenters. The molecule has 1 heterocycles. The molecule has 0 bridgehead atoms. The Balaban J connectivity index is 1.96. The second-order valence-electron chi connectivity index (χ2n) is 5.24. The van der Waals surface area contributed by atoms with E-state index >= 15 is 0 Å². The quantitative estimate of drug-likeness (QED) is 0.851. The largest absolute Gasteiger partial charge is 0.416 e. The highest BCUT2D eigenvalue weighted by Gasteiger charge is 2.32. The minimum atomic E-state index is -4.43. The third kappa shape index (κ3) is 2.72. The van der Waals surface area contributed by atoms with Crippen molar-refractivity contribution >= 4 is 5.69 Å². The number of hydrogen-bond donors (Lipinski definition) is 1. The SMILES string of the molecule is Nc1ccc(C(F)(F)F)cc1-c1nc(C2CCCC2)no1. The van der Waals surface area contributed by atoms with Crippen LogP contribution >= 0.6 is 0 Å². The fourth-order valence-corrected chi connectivity index (χ4v) is 2.61. The summed E-state index contributed by atoms with van der Waals surface area (Å²) in [5.41, 5.74) is 5.26. The molecule has 1 aromatic carbocycles. The molecule has 0 radical (unpaired) electrons. The first-order chi connectivity index (χ1) is 9.95. The summed E-state index contributed by atoms with van der Waals surface area (Å²) in [7, 11) is 0. The molecule has 1 saturated carbocycles. The molecule has 1 fully saturated rings. The number of nitrogen functional groups attached to an aromatic ring is 1. The highest BCUT2D eigenvalue weighted by molar-refractivity contribution is 5.71. The minimum absolute atomic E-state index is 0.0421. The lowest BCUT2D eigenvalue weighted by Gasteiger charge is -2.08. The van der Waals surface area contributed by atoms with E-state index in [1.54, 1.807) is 0 Å². The Labute approximate surface area is 119 Å². The third-order valence-electron chi connectivity index (χ3n) is 3.77. The summed E-state index contributed by atoms with van der Waals surface area (Å²) >= 11 is 0. The number of aromatic nitrogens is 2. The monoisotopic (exact) mass is 297 g/mol. The van der Waals surface area contributed by atoms with Crippen LogP contribution in [0.15, 0.2) is 22.7 Å². The second kappa shape index (κ2) is 5.05. The van der Waals surface area contributed by atoms with Crippen molar-refractivity contribution in [1.82, 2.24) is 10.1 Å². The summed E-state index contributed by atoms with van der Waals surface area (Å²) < 4.78 is 43.4. The van der Waals surface area contributed by atoms with E-state index in [1.807, 2.05) is 0 Å². The van der Waals surface area contributed by atoms with E-state index in [-0.39, 0.29) is 23.1 Å². The molecule has 112 valence electrons. The van der Waals surface area contributed by atoms with Crippen LogP contribution in [0.1, 0.15) is 43.0 Å². The molecule has 0 saturated heterocycles. The van der Waals surface area contributed by atoms with Crippen molar-refractivity contribution in [2.24, 2.45) is 0 Å². The maximum atomic E-state index is 12.8. The Bertz CT molecular complexity index is 645. The number of hydrogen-bond acceptors (Lipinski definition) is 4. The molecule has 0 aliphatic heterocycles. The van der Waals surface area contributed by atoms with E-state index in [2.05, 4.69) is 10.1 Å². The zero-order valence-corrected chi connectivity index (χ0v) is 11.2. The van der Waals surface area contributed by atoms with Gasteiger partial charge in [-0.2, -0.15) is 18.2 Å². The first kappa shape index (κ1) is 13.9. The fraction of sp³-hybridized carbons (Fsp3) is 0.429. The molecule has 2 N–H and O–H groups in total. The van der Waals surface area contributed by atoms with Gasteiger partial charge in [0.15, 0.2) is 5.82 Å². The van der Waals surface area contributed by atoms with Crippen LogP contribution in [0.3, 0.4) is 0 Å². The van der Waals surface area contributed by atoms with Gasteiger partial charge >= 0.3 is 6.18 Å². The summed E-state index contributed by atoms with van der Waals surface area (Å²) in [6.07, 6.45) is -0.245. The molecule has 7 heteroatoms. The van der Waals surface area contributed by atoms with Crippen molar-refractivity contribution in [2.75, 3.05) is 5.73 Å². The highest BCUT2D eigenvalue weighted by atomic mass is 19.4. The van der Waals surface area contributed by atoms with Crippen molar-refractivity contribution in [1.29, 1.82) is 0 Å². The average molecular weight is 297 g/mol. The Kier molecular flexibility index (Phi) is 3.35. The topological polar surface area (TPSA) is 64.9 Å². The number of anilines is 1. The Morgan fingerprint density at radius 1 is 1.19 bits per heavy atom. The fourth-order valence-electron chi connectivity index (χ4n) is 2.61. The summed E-state index contributed by atoms with van der Waals surface area (Å²) in [6.45, 7) is 0. The van der Waals surface area contributed by atoms with Crippen molar-refractivity contribution in [3.8, 4) is 11.5 Å². The zero-order chi connectivity index (χ0) is 15.0. The molecule has 0 spiro atoms. The van der Waals surface area contributed by atoms with E-state index < -0.39 is 11.7 Å². The van der Waals surface area contributed by atoms with Gasteiger partial charge in [-0.3, -0.25) is 0 Å². The lowest BCUT2D eigenvalue weighted by atomic mass is 10.1. The molecule has 1 aliphatic rings. The smallest absolute Gasteiger partial charge is 0.398 e. The summed E-state index contributed by atoms with van der Waals surface area (Å²) in [4.78, 5) is 4.22. The minimum Gasteiger partial charge on any atom is -0.398 e. The predicted molar refractivity (Wildman–Crippen MR) is 70.4 cm³/mol.